The van der Waals surface area contributed by atoms with Crippen LogP contribution in [0.5, 0.6) is 0 Å². The summed E-state index contributed by atoms with van der Waals surface area (Å²) in [7, 11) is 0. The number of amides is 1. The van der Waals surface area contributed by atoms with Crippen LogP contribution in [0.15, 0.2) is 42.7 Å². The van der Waals surface area contributed by atoms with Crippen molar-refractivity contribution >= 4 is 11.7 Å². The summed E-state index contributed by atoms with van der Waals surface area (Å²) in [5.41, 5.74) is 1.37. The van der Waals surface area contributed by atoms with Crippen LogP contribution in [-0.2, 0) is 11.3 Å². The number of aromatic nitrogens is 2. The molecule has 1 amide bonds. The quantitative estimate of drug-likeness (QED) is 0.929. The Labute approximate surface area is 135 Å². The average molecular weight is 312 g/mol. The maximum absolute atomic E-state index is 12.0. The summed E-state index contributed by atoms with van der Waals surface area (Å²) in [6, 6.07) is 9.24. The van der Waals surface area contributed by atoms with Gasteiger partial charge in [0.25, 0.3) is 5.91 Å². The first-order valence-corrected chi connectivity index (χ1v) is 7.73. The van der Waals surface area contributed by atoms with Gasteiger partial charge < -0.3 is 15.0 Å². The van der Waals surface area contributed by atoms with E-state index in [2.05, 4.69) is 27.1 Å². The van der Waals surface area contributed by atoms with E-state index in [0.29, 0.717) is 12.2 Å². The van der Waals surface area contributed by atoms with E-state index in [0.717, 1.165) is 31.1 Å². The molecule has 1 saturated heterocycles. The zero-order valence-electron chi connectivity index (χ0n) is 13.1. The van der Waals surface area contributed by atoms with Gasteiger partial charge in [0.15, 0.2) is 0 Å². The summed E-state index contributed by atoms with van der Waals surface area (Å²) in [6.07, 6.45) is 3.63. The number of anilines is 1. The van der Waals surface area contributed by atoms with Crippen molar-refractivity contribution in [2.24, 2.45) is 0 Å². The third-order valence-electron chi connectivity index (χ3n) is 3.72. The number of rotatable bonds is 4. The molecule has 6 heteroatoms. The van der Waals surface area contributed by atoms with Crippen LogP contribution in [-0.4, -0.2) is 41.7 Å². The van der Waals surface area contributed by atoms with E-state index in [1.165, 1.54) is 0 Å². The fourth-order valence-corrected chi connectivity index (χ4v) is 2.50. The molecule has 1 unspecified atom stereocenters. The third kappa shape index (κ3) is 4.04. The van der Waals surface area contributed by atoms with Crippen LogP contribution in [0.2, 0.25) is 0 Å². The second-order valence-electron chi connectivity index (χ2n) is 5.55. The van der Waals surface area contributed by atoms with Crippen LogP contribution in [0, 0.1) is 0 Å². The van der Waals surface area contributed by atoms with Crippen molar-refractivity contribution in [3.05, 3.63) is 54.0 Å². The monoisotopic (exact) mass is 312 g/mol. The van der Waals surface area contributed by atoms with Gasteiger partial charge in [-0.25, -0.2) is 4.98 Å². The van der Waals surface area contributed by atoms with Gasteiger partial charge in [0.1, 0.15) is 11.5 Å². The van der Waals surface area contributed by atoms with Crippen molar-refractivity contribution < 1.29 is 9.53 Å². The van der Waals surface area contributed by atoms with Gasteiger partial charge in [0.2, 0.25) is 0 Å². The summed E-state index contributed by atoms with van der Waals surface area (Å²) in [4.78, 5) is 22.7. The first-order valence-electron chi connectivity index (χ1n) is 7.73. The molecule has 0 aliphatic carbocycles. The highest BCUT2D eigenvalue weighted by molar-refractivity contribution is 5.92. The molecule has 0 spiro atoms. The maximum Gasteiger partial charge on any atom is 0.270 e. The first kappa shape index (κ1) is 15.4. The Hall–Kier alpha value is -2.47. The smallest absolute Gasteiger partial charge is 0.270 e. The van der Waals surface area contributed by atoms with Gasteiger partial charge >= 0.3 is 0 Å². The van der Waals surface area contributed by atoms with Crippen LogP contribution in [0.4, 0.5) is 5.82 Å². The van der Waals surface area contributed by atoms with E-state index < -0.39 is 0 Å². The highest BCUT2D eigenvalue weighted by Gasteiger charge is 2.17. The minimum Gasteiger partial charge on any atom is -0.375 e. The molecule has 120 valence electrons. The van der Waals surface area contributed by atoms with Crippen LogP contribution in [0.25, 0.3) is 0 Å². The molecule has 0 bridgehead atoms. The zero-order chi connectivity index (χ0) is 16.1. The molecule has 23 heavy (non-hydrogen) atoms. The van der Waals surface area contributed by atoms with Crippen LogP contribution >= 0.6 is 0 Å². The molecular formula is C17H20N4O2. The number of ether oxygens (including phenoxy) is 1. The minimum absolute atomic E-state index is 0.184. The second kappa shape index (κ2) is 7.19. The van der Waals surface area contributed by atoms with Gasteiger partial charge in [-0.1, -0.05) is 12.1 Å². The van der Waals surface area contributed by atoms with Crippen LogP contribution < -0.4 is 10.2 Å². The van der Waals surface area contributed by atoms with Gasteiger partial charge in [-0.3, -0.25) is 9.78 Å². The number of carbonyl (C=O) groups excluding carboxylic acids is 1. The Bertz CT molecular complexity index is 645. The Balaban J connectivity index is 1.56. The molecule has 1 aliphatic rings. The van der Waals surface area contributed by atoms with E-state index in [4.69, 9.17) is 4.74 Å². The lowest BCUT2D eigenvalue weighted by molar-refractivity contribution is 0.0529. The Morgan fingerprint density at radius 3 is 2.96 bits per heavy atom. The van der Waals surface area contributed by atoms with Crippen molar-refractivity contribution in [1.29, 1.82) is 0 Å². The normalized spacial score (nSPS) is 17.8. The zero-order valence-corrected chi connectivity index (χ0v) is 13.1. The Morgan fingerprint density at radius 1 is 1.35 bits per heavy atom. The summed E-state index contributed by atoms with van der Waals surface area (Å²) >= 11 is 0. The lowest BCUT2D eigenvalue weighted by Crippen LogP contribution is -2.41. The molecule has 2 aromatic heterocycles. The molecule has 1 fully saturated rings. The van der Waals surface area contributed by atoms with Gasteiger partial charge in [-0.2, -0.15) is 0 Å². The number of nitrogens with one attached hydrogen (secondary N) is 1. The van der Waals surface area contributed by atoms with E-state index in [-0.39, 0.29) is 12.0 Å². The Morgan fingerprint density at radius 2 is 2.26 bits per heavy atom. The first-order chi connectivity index (χ1) is 11.2. The Kier molecular flexibility index (Phi) is 4.83. The van der Waals surface area contributed by atoms with Crippen molar-refractivity contribution in [3.63, 3.8) is 0 Å². The number of nitrogens with zero attached hydrogens (tertiary/aromatic N) is 3. The number of hydrogen-bond donors (Lipinski definition) is 1. The predicted molar refractivity (Wildman–Crippen MR) is 87.3 cm³/mol. The van der Waals surface area contributed by atoms with Gasteiger partial charge in [0.05, 0.1) is 12.7 Å². The average Bonchev–Trinajstić information content (AvgIpc) is 2.61. The van der Waals surface area contributed by atoms with Crippen LogP contribution in [0.1, 0.15) is 23.0 Å². The van der Waals surface area contributed by atoms with E-state index in [1.54, 1.807) is 30.6 Å². The van der Waals surface area contributed by atoms with Gasteiger partial charge in [-0.05, 0) is 30.7 Å². The summed E-state index contributed by atoms with van der Waals surface area (Å²) in [5, 5.41) is 2.85. The maximum atomic E-state index is 12.0. The molecule has 0 radical (unpaired) electrons. The standard InChI is InChI=1S/C17H20N4O2/c1-13-12-21(8-9-23-13)16-6-5-14(10-19-16)11-20-17(22)15-4-2-3-7-18-15/h2-7,10,13H,8-9,11-12H2,1H3,(H,20,22). The number of morpholine rings is 1. The molecule has 6 nitrogen and oxygen atoms in total. The second-order valence-corrected chi connectivity index (χ2v) is 5.55. The number of carbonyl (C=O) groups is 1. The summed E-state index contributed by atoms with van der Waals surface area (Å²) in [5.74, 6) is 0.761. The molecule has 0 aromatic carbocycles. The number of pyridine rings is 2. The molecular weight excluding hydrogens is 292 g/mol. The topological polar surface area (TPSA) is 67.4 Å². The van der Waals surface area contributed by atoms with Gasteiger partial charge in [-0.15, -0.1) is 0 Å². The molecule has 1 aliphatic heterocycles. The van der Waals surface area contributed by atoms with E-state index >= 15 is 0 Å². The van der Waals surface area contributed by atoms with Crippen LogP contribution in [0.3, 0.4) is 0 Å². The fraction of sp³-hybridized carbons (Fsp3) is 0.353. The van der Waals surface area contributed by atoms with Crippen molar-refractivity contribution in [2.45, 2.75) is 19.6 Å². The van der Waals surface area contributed by atoms with E-state index in [9.17, 15) is 4.79 Å². The summed E-state index contributed by atoms with van der Waals surface area (Å²) < 4.78 is 5.54. The molecule has 2 aromatic rings. The molecule has 1 N–H and O–H groups in total. The highest BCUT2D eigenvalue weighted by atomic mass is 16.5. The SMILES string of the molecule is CC1CN(c2ccc(CNC(=O)c3ccccn3)cn2)CCO1. The lowest BCUT2D eigenvalue weighted by Gasteiger charge is -2.32. The van der Waals surface area contributed by atoms with Crippen molar-refractivity contribution in [2.75, 3.05) is 24.6 Å². The minimum atomic E-state index is -0.184. The molecule has 3 heterocycles. The molecule has 1 atom stereocenters. The lowest BCUT2D eigenvalue weighted by atomic mass is 10.2. The third-order valence-corrected chi connectivity index (χ3v) is 3.72. The largest absolute Gasteiger partial charge is 0.375 e. The fourth-order valence-electron chi connectivity index (χ4n) is 2.50. The summed E-state index contributed by atoms with van der Waals surface area (Å²) in [6.45, 7) is 4.93. The molecule has 3 rings (SSSR count). The number of hydrogen-bond acceptors (Lipinski definition) is 5. The van der Waals surface area contributed by atoms with Crippen molar-refractivity contribution in [1.82, 2.24) is 15.3 Å². The van der Waals surface area contributed by atoms with Gasteiger partial charge in [0, 0.05) is 32.0 Å². The molecule has 0 saturated carbocycles. The van der Waals surface area contributed by atoms with Crippen molar-refractivity contribution in [3.8, 4) is 0 Å². The highest BCUT2D eigenvalue weighted by Crippen LogP contribution is 2.15. The predicted octanol–water partition coefficient (Wildman–Crippen LogP) is 1.63. The van der Waals surface area contributed by atoms with E-state index in [1.807, 2.05) is 12.1 Å².